The van der Waals surface area contributed by atoms with E-state index in [0.717, 1.165) is 68.5 Å². The van der Waals surface area contributed by atoms with Crippen molar-refractivity contribution in [2.45, 2.75) is 59.3 Å². The zero-order chi connectivity index (χ0) is 25.8. The fraction of sp³-hybridized carbons (Fsp3) is 0.367. The van der Waals surface area contributed by atoms with Gasteiger partial charge in [0.25, 0.3) is 0 Å². The Morgan fingerprint density at radius 2 is 1.70 bits per heavy atom. The molecule has 1 saturated heterocycles. The van der Waals surface area contributed by atoms with Gasteiger partial charge >= 0.3 is 5.63 Å². The highest BCUT2D eigenvalue weighted by atomic mass is 16.4. The van der Waals surface area contributed by atoms with E-state index in [1.54, 1.807) is 0 Å². The van der Waals surface area contributed by atoms with Crippen LogP contribution in [0.15, 0.2) is 44.0 Å². The summed E-state index contributed by atoms with van der Waals surface area (Å²) < 4.78 is 11.7. The fourth-order valence-electron chi connectivity index (χ4n) is 5.74. The van der Waals surface area contributed by atoms with Gasteiger partial charge in [-0.3, -0.25) is 4.79 Å². The van der Waals surface area contributed by atoms with Crippen molar-refractivity contribution in [2.24, 2.45) is 0 Å². The van der Waals surface area contributed by atoms with Crippen LogP contribution in [0.25, 0.3) is 33.0 Å². The SMILES string of the molecule is Cc1oc2c(C)c3oc(=O)c(CCC(=O)N4CCC(c5nc6ccccc6[nH]5)CC4)c(C)c3cc2c1C. The van der Waals surface area contributed by atoms with Crippen LogP contribution in [0.2, 0.25) is 0 Å². The molecule has 3 aromatic heterocycles. The molecule has 1 amide bonds. The molecule has 190 valence electrons. The van der Waals surface area contributed by atoms with Crippen LogP contribution in [0.4, 0.5) is 0 Å². The standard InChI is InChI=1S/C30H31N3O4/c1-16-19(4)36-27-18(3)28-23(15-22(16)27)17(2)21(30(35)37-28)9-10-26(34)33-13-11-20(12-14-33)29-31-24-7-5-6-8-25(24)32-29/h5-8,15,20H,9-14H2,1-4H3,(H,31,32). The number of carbonyl (C=O) groups excluding carboxylic acids is 1. The normalized spacial score (nSPS) is 14.9. The number of benzene rings is 2. The quantitative estimate of drug-likeness (QED) is 0.308. The number of rotatable bonds is 4. The van der Waals surface area contributed by atoms with Crippen LogP contribution in [-0.2, 0) is 11.2 Å². The second-order valence-electron chi connectivity index (χ2n) is 10.3. The lowest BCUT2D eigenvalue weighted by Gasteiger charge is -2.31. The summed E-state index contributed by atoms with van der Waals surface area (Å²) in [4.78, 5) is 36.1. The molecule has 0 aliphatic carbocycles. The van der Waals surface area contributed by atoms with E-state index in [2.05, 4.69) is 11.1 Å². The predicted molar refractivity (Wildman–Crippen MR) is 144 cm³/mol. The van der Waals surface area contributed by atoms with Gasteiger partial charge in [-0.2, -0.15) is 0 Å². The molecule has 6 rings (SSSR count). The van der Waals surface area contributed by atoms with Crippen LogP contribution < -0.4 is 5.63 Å². The van der Waals surface area contributed by atoms with Crippen molar-refractivity contribution in [3.63, 3.8) is 0 Å². The van der Waals surface area contributed by atoms with Crippen LogP contribution in [0.5, 0.6) is 0 Å². The summed E-state index contributed by atoms with van der Waals surface area (Å²) in [6.45, 7) is 9.25. The van der Waals surface area contributed by atoms with Crippen LogP contribution in [0.3, 0.4) is 0 Å². The van der Waals surface area contributed by atoms with E-state index in [-0.39, 0.29) is 18.0 Å². The molecule has 0 unspecified atom stereocenters. The van der Waals surface area contributed by atoms with Gasteiger partial charge in [0.15, 0.2) is 0 Å². The molecular formula is C30H31N3O4. The van der Waals surface area contributed by atoms with E-state index in [1.807, 2.05) is 56.9 Å². The Hall–Kier alpha value is -3.87. The molecule has 1 N–H and O–H groups in total. The molecule has 4 heterocycles. The van der Waals surface area contributed by atoms with Gasteiger partial charge in [0.1, 0.15) is 22.8 Å². The molecule has 1 aliphatic rings. The Morgan fingerprint density at radius 1 is 1.00 bits per heavy atom. The summed E-state index contributed by atoms with van der Waals surface area (Å²) >= 11 is 0. The molecule has 0 bridgehead atoms. The molecule has 0 spiro atoms. The summed E-state index contributed by atoms with van der Waals surface area (Å²) in [5.74, 6) is 2.27. The van der Waals surface area contributed by atoms with Gasteiger partial charge in [-0.1, -0.05) is 12.1 Å². The maximum Gasteiger partial charge on any atom is 0.339 e. The van der Waals surface area contributed by atoms with Crippen molar-refractivity contribution in [3.05, 3.63) is 74.6 Å². The fourth-order valence-corrected chi connectivity index (χ4v) is 5.74. The maximum atomic E-state index is 13.1. The molecule has 1 fully saturated rings. The highest BCUT2D eigenvalue weighted by Gasteiger charge is 2.26. The Balaban J connectivity index is 1.17. The number of likely N-dealkylation sites (tertiary alicyclic amines) is 1. The minimum Gasteiger partial charge on any atom is -0.461 e. The molecular weight excluding hydrogens is 466 g/mol. The number of hydrogen-bond acceptors (Lipinski definition) is 5. The second-order valence-corrected chi connectivity index (χ2v) is 10.3. The summed E-state index contributed by atoms with van der Waals surface area (Å²) in [5, 5.41) is 1.94. The average molecular weight is 498 g/mol. The first-order valence-electron chi connectivity index (χ1n) is 13.0. The molecule has 0 radical (unpaired) electrons. The van der Waals surface area contributed by atoms with E-state index in [4.69, 9.17) is 13.8 Å². The summed E-state index contributed by atoms with van der Waals surface area (Å²) in [6, 6.07) is 10.1. The summed E-state index contributed by atoms with van der Waals surface area (Å²) in [7, 11) is 0. The van der Waals surface area contributed by atoms with Gasteiger partial charge in [-0.25, -0.2) is 9.78 Å². The first kappa shape index (κ1) is 23.5. The summed E-state index contributed by atoms with van der Waals surface area (Å²) in [5.41, 5.74) is 6.37. The lowest BCUT2D eigenvalue weighted by atomic mass is 9.95. The van der Waals surface area contributed by atoms with Crippen LogP contribution >= 0.6 is 0 Å². The highest BCUT2D eigenvalue weighted by molar-refractivity contribution is 6.00. The molecule has 5 aromatic rings. The number of imidazole rings is 1. The van der Waals surface area contributed by atoms with Crippen LogP contribution in [0, 0.1) is 27.7 Å². The molecule has 7 heteroatoms. The largest absolute Gasteiger partial charge is 0.461 e. The molecule has 1 aliphatic heterocycles. The number of para-hydroxylation sites is 2. The minimum atomic E-state index is -0.371. The first-order valence-corrected chi connectivity index (χ1v) is 13.0. The Labute approximate surface area is 214 Å². The number of fused-ring (bicyclic) bond motifs is 3. The van der Waals surface area contributed by atoms with Gasteiger partial charge in [-0.15, -0.1) is 0 Å². The molecule has 0 saturated carbocycles. The van der Waals surface area contributed by atoms with Gasteiger partial charge < -0.3 is 18.7 Å². The number of aromatic nitrogens is 2. The molecule has 0 atom stereocenters. The number of amides is 1. The number of aryl methyl sites for hydroxylation is 4. The second kappa shape index (κ2) is 8.91. The average Bonchev–Trinajstić information content (AvgIpc) is 3.46. The predicted octanol–water partition coefficient (Wildman–Crippen LogP) is 5.99. The third-order valence-electron chi connectivity index (χ3n) is 8.18. The van der Waals surface area contributed by atoms with Gasteiger partial charge in [0.05, 0.1) is 11.0 Å². The van der Waals surface area contributed by atoms with Crippen molar-refractivity contribution in [2.75, 3.05) is 13.1 Å². The van der Waals surface area contributed by atoms with Crippen molar-refractivity contribution < 1.29 is 13.6 Å². The van der Waals surface area contributed by atoms with E-state index >= 15 is 0 Å². The number of H-pyrrole nitrogens is 1. The monoisotopic (exact) mass is 497 g/mol. The van der Waals surface area contributed by atoms with Crippen molar-refractivity contribution in [3.8, 4) is 0 Å². The Kier molecular flexibility index (Phi) is 5.66. The van der Waals surface area contributed by atoms with E-state index in [0.29, 0.717) is 36.6 Å². The minimum absolute atomic E-state index is 0.0786. The number of carbonyl (C=O) groups is 1. The third kappa shape index (κ3) is 3.93. The maximum absolute atomic E-state index is 13.1. The number of piperidine rings is 1. The third-order valence-corrected chi connectivity index (χ3v) is 8.18. The number of nitrogens with one attached hydrogen (secondary N) is 1. The first-order chi connectivity index (χ1) is 17.8. The number of aromatic amines is 1. The van der Waals surface area contributed by atoms with E-state index < -0.39 is 0 Å². The highest BCUT2D eigenvalue weighted by Crippen LogP contribution is 2.35. The van der Waals surface area contributed by atoms with Crippen LogP contribution in [0.1, 0.15) is 59.0 Å². The number of nitrogens with zero attached hydrogens (tertiary/aromatic N) is 2. The zero-order valence-corrected chi connectivity index (χ0v) is 21.7. The van der Waals surface area contributed by atoms with E-state index in [9.17, 15) is 9.59 Å². The van der Waals surface area contributed by atoms with Gasteiger partial charge in [0.2, 0.25) is 5.91 Å². The van der Waals surface area contributed by atoms with Crippen molar-refractivity contribution in [1.82, 2.24) is 14.9 Å². The molecule has 2 aromatic carbocycles. The zero-order valence-electron chi connectivity index (χ0n) is 21.7. The van der Waals surface area contributed by atoms with Gasteiger partial charge in [-0.05, 0) is 76.3 Å². The topological polar surface area (TPSA) is 92.3 Å². The number of furan rings is 1. The number of hydrogen-bond donors (Lipinski definition) is 1. The Morgan fingerprint density at radius 3 is 2.46 bits per heavy atom. The van der Waals surface area contributed by atoms with Crippen molar-refractivity contribution >= 4 is 38.9 Å². The van der Waals surface area contributed by atoms with Gasteiger partial charge in [0, 0.05) is 47.3 Å². The molecule has 7 nitrogen and oxygen atoms in total. The lowest BCUT2D eigenvalue weighted by Crippen LogP contribution is -2.38. The summed E-state index contributed by atoms with van der Waals surface area (Å²) in [6.07, 6.45) is 2.41. The van der Waals surface area contributed by atoms with E-state index in [1.165, 1.54) is 0 Å². The van der Waals surface area contributed by atoms with Crippen LogP contribution in [-0.4, -0.2) is 33.9 Å². The molecule has 37 heavy (non-hydrogen) atoms. The Bertz CT molecular complexity index is 1700. The smallest absolute Gasteiger partial charge is 0.339 e. The lowest BCUT2D eigenvalue weighted by molar-refractivity contribution is -0.132. The van der Waals surface area contributed by atoms with Crippen molar-refractivity contribution in [1.29, 1.82) is 0 Å².